The molecule has 0 spiro atoms. The van der Waals surface area contributed by atoms with Gasteiger partial charge in [0.05, 0.1) is 31.5 Å². The third-order valence-corrected chi connectivity index (χ3v) is 3.73. The molecule has 1 atom stereocenters. The summed E-state index contributed by atoms with van der Waals surface area (Å²) < 4.78 is 11.3. The van der Waals surface area contributed by atoms with E-state index in [2.05, 4.69) is 18.7 Å². The van der Waals surface area contributed by atoms with Crippen molar-refractivity contribution in [2.75, 3.05) is 26.3 Å². The van der Waals surface area contributed by atoms with E-state index in [1.165, 1.54) is 38.8 Å². The van der Waals surface area contributed by atoms with Crippen molar-refractivity contribution >= 4 is 0 Å². The smallest absolute Gasteiger partial charge is 0.0645 e. The molecule has 2 saturated heterocycles. The summed E-state index contributed by atoms with van der Waals surface area (Å²) in [4.78, 5) is 2.56. The van der Waals surface area contributed by atoms with Crippen LogP contribution in [0.1, 0.15) is 39.5 Å². The summed E-state index contributed by atoms with van der Waals surface area (Å²) in [5.41, 5.74) is 0. The normalized spacial score (nSPS) is 26.6. The molecule has 3 heteroatoms. The van der Waals surface area contributed by atoms with Crippen LogP contribution in [0, 0.1) is 0 Å². The first-order valence-electron chi connectivity index (χ1n) is 6.77. The van der Waals surface area contributed by atoms with Gasteiger partial charge >= 0.3 is 0 Å². The second-order valence-corrected chi connectivity index (χ2v) is 5.16. The van der Waals surface area contributed by atoms with Gasteiger partial charge in [0.2, 0.25) is 0 Å². The first kappa shape index (κ1) is 12.3. The summed E-state index contributed by atoms with van der Waals surface area (Å²) in [7, 11) is 0. The summed E-state index contributed by atoms with van der Waals surface area (Å²) in [5.74, 6) is 0. The molecule has 0 saturated carbocycles. The minimum Gasteiger partial charge on any atom is -0.378 e. The van der Waals surface area contributed by atoms with E-state index in [9.17, 15) is 0 Å². The van der Waals surface area contributed by atoms with Crippen LogP contribution in [-0.2, 0) is 9.47 Å². The van der Waals surface area contributed by atoms with Crippen LogP contribution in [0.5, 0.6) is 0 Å². The van der Waals surface area contributed by atoms with Gasteiger partial charge in [-0.15, -0.1) is 0 Å². The average Bonchev–Trinajstić information content (AvgIpc) is 2.18. The van der Waals surface area contributed by atoms with Crippen molar-refractivity contribution in [3.05, 3.63) is 0 Å². The predicted molar refractivity (Wildman–Crippen MR) is 64.7 cm³/mol. The average molecular weight is 227 g/mol. The van der Waals surface area contributed by atoms with Gasteiger partial charge in [0.15, 0.2) is 0 Å². The Morgan fingerprint density at radius 1 is 1.31 bits per heavy atom. The lowest BCUT2D eigenvalue weighted by Crippen LogP contribution is -2.52. The Morgan fingerprint density at radius 3 is 2.50 bits per heavy atom. The van der Waals surface area contributed by atoms with Crippen LogP contribution in [0.15, 0.2) is 0 Å². The zero-order valence-electron chi connectivity index (χ0n) is 10.7. The predicted octanol–water partition coefficient (Wildman–Crippen LogP) is 2.05. The Hall–Kier alpha value is -0.120. The van der Waals surface area contributed by atoms with Crippen molar-refractivity contribution in [3.63, 3.8) is 0 Å². The lowest BCUT2D eigenvalue weighted by Gasteiger charge is -2.41. The fourth-order valence-electron chi connectivity index (χ4n) is 2.61. The Bertz CT molecular complexity index is 198. The van der Waals surface area contributed by atoms with E-state index in [0.717, 1.165) is 13.2 Å². The van der Waals surface area contributed by atoms with Gasteiger partial charge in [-0.2, -0.15) is 0 Å². The molecule has 2 fully saturated rings. The zero-order chi connectivity index (χ0) is 11.4. The quantitative estimate of drug-likeness (QED) is 0.717. The second-order valence-electron chi connectivity index (χ2n) is 5.16. The van der Waals surface area contributed by atoms with Gasteiger partial charge < -0.3 is 9.47 Å². The SMILES string of the molecule is CCCC(C)OC1CCN(C2COC2)CC1. The summed E-state index contributed by atoms with van der Waals surface area (Å²) in [6.45, 7) is 8.69. The summed E-state index contributed by atoms with van der Waals surface area (Å²) in [6, 6.07) is 0.703. The van der Waals surface area contributed by atoms with Crippen LogP contribution in [0.3, 0.4) is 0 Å². The Labute approximate surface area is 99.1 Å². The highest BCUT2D eigenvalue weighted by atomic mass is 16.5. The minimum atomic E-state index is 0.439. The van der Waals surface area contributed by atoms with Gasteiger partial charge in [0.1, 0.15) is 0 Å². The van der Waals surface area contributed by atoms with E-state index in [-0.39, 0.29) is 0 Å². The topological polar surface area (TPSA) is 21.7 Å². The number of ether oxygens (including phenoxy) is 2. The zero-order valence-corrected chi connectivity index (χ0v) is 10.7. The van der Waals surface area contributed by atoms with Gasteiger partial charge in [0.25, 0.3) is 0 Å². The number of hydrogen-bond donors (Lipinski definition) is 0. The van der Waals surface area contributed by atoms with Gasteiger partial charge in [-0.3, -0.25) is 4.90 Å². The Balaban J connectivity index is 1.64. The summed E-state index contributed by atoms with van der Waals surface area (Å²) in [6.07, 6.45) is 5.75. The minimum absolute atomic E-state index is 0.439. The van der Waals surface area contributed by atoms with Crippen LogP contribution in [0.4, 0.5) is 0 Å². The number of rotatable bonds is 5. The third kappa shape index (κ3) is 3.19. The molecule has 94 valence electrons. The van der Waals surface area contributed by atoms with E-state index in [4.69, 9.17) is 9.47 Å². The fourth-order valence-corrected chi connectivity index (χ4v) is 2.61. The maximum atomic E-state index is 6.05. The molecule has 0 aromatic carbocycles. The number of likely N-dealkylation sites (tertiary alicyclic amines) is 1. The molecule has 0 aromatic rings. The number of nitrogens with zero attached hydrogens (tertiary/aromatic N) is 1. The van der Waals surface area contributed by atoms with Gasteiger partial charge in [-0.25, -0.2) is 0 Å². The maximum absolute atomic E-state index is 6.05. The second kappa shape index (κ2) is 5.99. The highest BCUT2D eigenvalue weighted by molar-refractivity contribution is 4.82. The number of hydrogen-bond acceptors (Lipinski definition) is 3. The molecule has 0 bridgehead atoms. The van der Waals surface area contributed by atoms with E-state index in [0.29, 0.717) is 18.2 Å². The molecule has 0 aliphatic carbocycles. The highest BCUT2D eigenvalue weighted by Gasteiger charge is 2.30. The van der Waals surface area contributed by atoms with Crippen LogP contribution >= 0.6 is 0 Å². The van der Waals surface area contributed by atoms with Crippen molar-refractivity contribution in [1.82, 2.24) is 4.90 Å². The first-order chi connectivity index (χ1) is 7.79. The fraction of sp³-hybridized carbons (Fsp3) is 1.00. The van der Waals surface area contributed by atoms with E-state index in [1.54, 1.807) is 0 Å². The molecule has 16 heavy (non-hydrogen) atoms. The lowest BCUT2D eigenvalue weighted by atomic mass is 10.0. The van der Waals surface area contributed by atoms with Crippen molar-refractivity contribution in [1.29, 1.82) is 0 Å². The van der Waals surface area contributed by atoms with Crippen LogP contribution < -0.4 is 0 Å². The van der Waals surface area contributed by atoms with Crippen LogP contribution in [-0.4, -0.2) is 49.5 Å². The molecule has 0 amide bonds. The molecule has 2 rings (SSSR count). The third-order valence-electron chi connectivity index (χ3n) is 3.73. The largest absolute Gasteiger partial charge is 0.378 e. The van der Waals surface area contributed by atoms with Gasteiger partial charge in [-0.05, 0) is 26.2 Å². The van der Waals surface area contributed by atoms with Crippen molar-refractivity contribution < 1.29 is 9.47 Å². The van der Waals surface area contributed by atoms with Gasteiger partial charge in [-0.1, -0.05) is 13.3 Å². The highest BCUT2D eigenvalue weighted by Crippen LogP contribution is 2.21. The van der Waals surface area contributed by atoms with Crippen molar-refractivity contribution in [3.8, 4) is 0 Å². The standard InChI is InChI=1S/C13H25NO2/c1-3-4-11(2)16-13-5-7-14(8-6-13)12-9-15-10-12/h11-13H,3-10H2,1-2H3. The molecule has 0 aromatic heterocycles. The number of piperidine rings is 1. The molecule has 2 aliphatic rings. The molecular weight excluding hydrogens is 202 g/mol. The lowest BCUT2D eigenvalue weighted by molar-refractivity contribution is -0.0952. The molecule has 0 radical (unpaired) electrons. The Morgan fingerprint density at radius 2 is 2.00 bits per heavy atom. The Kier molecular flexibility index (Phi) is 4.62. The maximum Gasteiger partial charge on any atom is 0.0645 e. The van der Waals surface area contributed by atoms with E-state index < -0.39 is 0 Å². The first-order valence-corrected chi connectivity index (χ1v) is 6.77. The molecule has 2 aliphatic heterocycles. The van der Waals surface area contributed by atoms with E-state index in [1.807, 2.05) is 0 Å². The molecule has 1 unspecified atom stereocenters. The molecule has 3 nitrogen and oxygen atoms in total. The van der Waals surface area contributed by atoms with Crippen molar-refractivity contribution in [2.45, 2.75) is 57.8 Å². The summed E-state index contributed by atoms with van der Waals surface area (Å²) >= 11 is 0. The van der Waals surface area contributed by atoms with Crippen LogP contribution in [0.2, 0.25) is 0 Å². The molecule has 2 heterocycles. The molecular formula is C13H25NO2. The van der Waals surface area contributed by atoms with E-state index >= 15 is 0 Å². The van der Waals surface area contributed by atoms with Crippen LogP contribution in [0.25, 0.3) is 0 Å². The molecule has 0 N–H and O–H groups in total. The van der Waals surface area contributed by atoms with Gasteiger partial charge in [0, 0.05) is 13.1 Å². The summed E-state index contributed by atoms with van der Waals surface area (Å²) in [5, 5.41) is 0. The monoisotopic (exact) mass is 227 g/mol. The van der Waals surface area contributed by atoms with Crippen molar-refractivity contribution in [2.24, 2.45) is 0 Å².